The summed E-state index contributed by atoms with van der Waals surface area (Å²) in [4.78, 5) is 26.7. The Bertz CT molecular complexity index is 805. The zero-order valence-corrected chi connectivity index (χ0v) is 15.0. The summed E-state index contributed by atoms with van der Waals surface area (Å²) >= 11 is 5.84. The van der Waals surface area contributed by atoms with Gasteiger partial charge in [0.05, 0.1) is 22.3 Å². The number of hydrogen-bond acceptors (Lipinski definition) is 6. The van der Waals surface area contributed by atoms with Gasteiger partial charge in [0.25, 0.3) is 5.69 Å². The van der Waals surface area contributed by atoms with Crippen molar-refractivity contribution in [1.29, 1.82) is 0 Å². The van der Waals surface area contributed by atoms with Crippen LogP contribution in [0.4, 0.5) is 11.4 Å². The van der Waals surface area contributed by atoms with E-state index in [1.165, 1.54) is 6.07 Å². The van der Waals surface area contributed by atoms with Gasteiger partial charge >= 0.3 is 0 Å². The second-order valence-electron chi connectivity index (χ2n) is 6.30. The van der Waals surface area contributed by atoms with Gasteiger partial charge in [-0.25, -0.2) is 8.42 Å². The van der Waals surface area contributed by atoms with Gasteiger partial charge in [0.15, 0.2) is 9.84 Å². The fourth-order valence-electron chi connectivity index (χ4n) is 3.33. The molecule has 0 aromatic heterocycles. The van der Waals surface area contributed by atoms with E-state index in [4.69, 9.17) is 11.6 Å². The van der Waals surface area contributed by atoms with E-state index >= 15 is 0 Å². The number of hydrogen-bond donors (Lipinski definition) is 0. The molecule has 1 amide bonds. The van der Waals surface area contributed by atoms with Gasteiger partial charge in [-0.05, 0) is 18.6 Å². The summed E-state index contributed by atoms with van der Waals surface area (Å²) in [6.07, 6.45) is 0.379. The van der Waals surface area contributed by atoms with Crippen molar-refractivity contribution in [2.45, 2.75) is 6.42 Å². The Hall–Kier alpha value is -1.87. The van der Waals surface area contributed by atoms with Crippen molar-refractivity contribution in [3.8, 4) is 0 Å². The first-order valence-electron chi connectivity index (χ1n) is 7.95. The number of amides is 1. The van der Waals surface area contributed by atoms with Crippen LogP contribution in [0.3, 0.4) is 0 Å². The molecule has 1 unspecified atom stereocenters. The van der Waals surface area contributed by atoms with Crippen molar-refractivity contribution in [2.24, 2.45) is 5.92 Å². The number of carbonyl (C=O) groups is 1. The Labute approximate surface area is 150 Å². The number of carbonyl (C=O) groups excluding carboxylic acids is 1. The van der Waals surface area contributed by atoms with Crippen LogP contribution in [0.25, 0.3) is 0 Å². The van der Waals surface area contributed by atoms with Gasteiger partial charge < -0.3 is 9.80 Å². The van der Waals surface area contributed by atoms with E-state index in [1.54, 1.807) is 17.0 Å². The van der Waals surface area contributed by atoms with Crippen molar-refractivity contribution in [1.82, 2.24) is 4.90 Å². The summed E-state index contributed by atoms with van der Waals surface area (Å²) in [5, 5.41) is 11.5. The Morgan fingerprint density at radius 1 is 1.24 bits per heavy atom. The molecule has 1 atom stereocenters. The fourth-order valence-corrected chi connectivity index (χ4v) is 5.22. The van der Waals surface area contributed by atoms with Crippen LogP contribution in [0.5, 0.6) is 0 Å². The van der Waals surface area contributed by atoms with Gasteiger partial charge in [0.1, 0.15) is 5.69 Å². The highest BCUT2D eigenvalue weighted by atomic mass is 35.5. The number of nitrogens with zero attached hydrogens (tertiary/aromatic N) is 3. The number of rotatable bonds is 3. The summed E-state index contributed by atoms with van der Waals surface area (Å²) in [5.41, 5.74) is 0.416. The highest BCUT2D eigenvalue weighted by Gasteiger charge is 2.36. The zero-order valence-electron chi connectivity index (χ0n) is 13.4. The summed E-state index contributed by atoms with van der Waals surface area (Å²) < 4.78 is 23.1. The van der Waals surface area contributed by atoms with E-state index in [0.717, 1.165) is 0 Å². The predicted molar refractivity (Wildman–Crippen MR) is 93.7 cm³/mol. The van der Waals surface area contributed by atoms with Crippen LogP contribution in [0.15, 0.2) is 18.2 Å². The molecule has 136 valence electrons. The minimum atomic E-state index is -3.10. The number of piperazine rings is 1. The number of sulfone groups is 1. The van der Waals surface area contributed by atoms with Crippen molar-refractivity contribution in [3.05, 3.63) is 33.3 Å². The number of nitro benzene ring substituents is 1. The monoisotopic (exact) mass is 387 g/mol. The lowest BCUT2D eigenvalue weighted by Crippen LogP contribution is -2.50. The van der Waals surface area contributed by atoms with E-state index < -0.39 is 20.7 Å². The minimum absolute atomic E-state index is 0.0610. The third-order valence-corrected chi connectivity index (χ3v) is 6.65. The maximum atomic E-state index is 12.5. The lowest BCUT2D eigenvalue weighted by Gasteiger charge is -2.36. The molecule has 1 aromatic carbocycles. The molecule has 25 heavy (non-hydrogen) atoms. The Balaban J connectivity index is 1.66. The largest absolute Gasteiger partial charge is 0.362 e. The summed E-state index contributed by atoms with van der Waals surface area (Å²) in [6.45, 7) is 1.73. The molecule has 3 rings (SSSR count). The van der Waals surface area contributed by atoms with E-state index in [9.17, 15) is 23.3 Å². The Morgan fingerprint density at radius 3 is 2.48 bits per heavy atom. The second kappa shape index (κ2) is 6.80. The molecule has 2 heterocycles. The summed E-state index contributed by atoms with van der Waals surface area (Å²) in [6, 6.07) is 4.53. The SMILES string of the molecule is O=C(C1CCS(=O)(=O)C1)N1CCN(c2ccc(Cl)cc2[N+](=O)[O-])CC1. The van der Waals surface area contributed by atoms with Crippen molar-refractivity contribution in [3.63, 3.8) is 0 Å². The molecule has 2 aliphatic rings. The van der Waals surface area contributed by atoms with Gasteiger partial charge in [-0.2, -0.15) is 0 Å². The summed E-state index contributed by atoms with van der Waals surface area (Å²) in [7, 11) is -3.10. The molecule has 2 fully saturated rings. The van der Waals surface area contributed by atoms with E-state index in [0.29, 0.717) is 43.3 Å². The lowest BCUT2D eigenvalue weighted by atomic mass is 10.1. The van der Waals surface area contributed by atoms with Crippen molar-refractivity contribution < 1.29 is 18.1 Å². The van der Waals surface area contributed by atoms with Crippen LogP contribution in [0.2, 0.25) is 5.02 Å². The van der Waals surface area contributed by atoms with E-state index in [-0.39, 0.29) is 23.1 Å². The fraction of sp³-hybridized carbons (Fsp3) is 0.533. The highest BCUT2D eigenvalue weighted by Crippen LogP contribution is 2.32. The average molecular weight is 388 g/mol. The molecular weight excluding hydrogens is 370 g/mol. The normalized spacial score (nSPS) is 22.8. The quantitative estimate of drug-likeness (QED) is 0.573. The number of halogens is 1. The molecule has 0 aliphatic carbocycles. The molecule has 0 N–H and O–H groups in total. The number of benzene rings is 1. The van der Waals surface area contributed by atoms with Crippen LogP contribution in [0, 0.1) is 16.0 Å². The molecule has 0 spiro atoms. The van der Waals surface area contributed by atoms with Gasteiger partial charge in [0.2, 0.25) is 5.91 Å². The van der Waals surface area contributed by atoms with Gasteiger partial charge in [-0.3, -0.25) is 14.9 Å². The third-order valence-electron chi connectivity index (χ3n) is 4.65. The van der Waals surface area contributed by atoms with E-state index in [2.05, 4.69) is 0 Å². The first kappa shape index (κ1) is 17.9. The van der Waals surface area contributed by atoms with Gasteiger partial charge in [-0.15, -0.1) is 0 Å². The molecular formula is C15H18ClN3O5S. The van der Waals surface area contributed by atoms with Crippen LogP contribution < -0.4 is 4.90 Å². The van der Waals surface area contributed by atoms with Crippen LogP contribution in [-0.4, -0.2) is 61.8 Å². The molecule has 1 aromatic rings. The molecule has 0 bridgehead atoms. The zero-order chi connectivity index (χ0) is 18.2. The molecule has 2 aliphatic heterocycles. The lowest BCUT2D eigenvalue weighted by molar-refractivity contribution is -0.384. The molecule has 2 saturated heterocycles. The molecule has 8 nitrogen and oxygen atoms in total. The van der Waals surface area contributed by atoms with Crippen LogP contribution in [0.1, 0.15) is 6.42 Å². The molecule has 0 saturated carbocycles. The van der Waals surface area contributed by atoms with Crippen LogP contribution in [-0.2, 0) is 14.6 Å². The maximum absolute atomic E-state index is 12.5. The van der Waals surface area contributed by atoms with Crippen molar-refractivity contribution >= 4 is 38.7 Å². The summed E-state index contributed by atoms with van der Waals surface area (Å²) in [5.74, 6) is -0.595. The second-order valence-corrected chi connectivity index (χ2v) is 8.97. The predicted octanol–water partition coefficient (Wildman–Crippen LogP) is 1.33. The van der Waals surface area contributed by atoms with Crippen LogP contribution >= 0.6 is 11.6 Å². The highest BCUT2D eigenvalue weighted by molar-refractivity contribution is 7.91. The standard InChI is InChI=1S/C15H18ClN3O5S/c16-12-1-2-13(14(9-12)19(21)22)17-4-6-18(7-5-17)15(20)11-3-8-25(23,24)10-11/h1-2,9,11H,3-8,10H2. The minimum Gasteiger partial charge on any atom is -0.362 e. The Morgan fingerprint density at radius 2 is 1.92 bits per heavy atom. The smallest absolute Gasteiger partial charge is 0.294 e. The topological polar surface area (TPSA) is 101 Å². The van der Waals surface area contributed by atoms with Gasteiger partial charge in [0, 0.05) is 37.3 Å². The Kier molecular flexibility index (Phi) is 4.88. The first-order valence-corrected chi connectivity index (χ1v) is 10.1. The average Bonchev–Trinajstić information content (AvgIpc) is 2.94. The van der Waals surface area contributed by atoms with Gasteiger partial charge in [-0.1, -0.05) is 11.6 Å². The number of anilines is 1. The third kappa shape index (κ3) is 3.87. The maximum Gasteiger partial charge on any atom is 0.294 e. The number of nitro groups is 1. The van der Waals surface area contributed by atoms with Crippen molar-refractivity contribution in [2.75, 3.05) is 42.6 Å². The molecule has 0 radical (unpaired) electrons. The van der Waals surface area contributed by atoms with E-state index in [1.807, 2.05) is 4.90 Å². The first-order chi connectivity index (χ1) is 11.8. The molecule has 10 heteroatoms.